The molecular weight excluding hydrogens is 258 g/mol. The average molecular weight is 279 g/mol. The van der Waals surface area contributed by atoms with E-state index in [0.29, 0.717) is 12.4 Å². The molecule has 1 fully saturated rings. The van der Waals surface area contributed by atoms with Crippen LogP contribution in [0.5, 0.6) is 5.75 Å². The minimum Gasteiger partial charge on any atom is -0.487 e. The van der Waals surface area contributed by atoms with E-state index in [9.17, 15) is 10.1 Å². The van der Waals surface area contributed by atoms with Crippen molar-refractivity contribution >= 4 is 11.4 Å². The Kier molecular flexibility index (Phi) is 4.79. The molecular formula is C14H21N3O3. The Balaban J connectivity index is 2.23. The quantitative estimate of drug-likeness (QED) is 0.660. The number of nitro benzene ring substituents is 1. The first-order valence-electron chi connectivity index (χ1n) is 7.03. The molecule has 20 heavy (non-hydrogen) atoms. The number of rotatable bonds is 5. The Morgan fingerprint density at radius 1 is 1.55 bits per heavy atom. The van der Waals surface area contributed by atoms with Gasteiger partial charge in [0.1, 0.15) is 0 Å². The summed E-state index contributed by atoms with van der Waals surface area (Å²) in [6.45, 7) is 4.16. The third-order valence-corrected chi connectivity index (χ3v) is 3.42. The molecule has 6 heteroatoms. The molecule has 0 spiro atoms. The van der Waals surface area contributed by atoms with Gasteiger partial charge in [0.05, 0.1) is 11.5 Å². The Morgan fingerprint density at radius 3 is 3.00 bits per heavy atom. The highest BCUT2D eigenvalue weighted by Gasteiger charge is 2.21. The zero-order valence-electron chi connectivity index (χ0n) is 11.7. The van der Waals surface area contributed by atoms with E-state index in [4.69, 9.17) is 10.5 Å². The van der Waals surface area contributed by atoms with Crippen molar-refractivity contribution in [1.29, 1.82) is 0 Å². The van der Waals surface area contributed by atoms with Crippen LogP contribution < -0.4 is 15.4 Å². The van der Waals surface area contributed by atoms with Crippen LogP contribution in [0.1, 0.15) is 26.2 Å². The standard InChI is InChI=1S/C14H21N3O3/c1-2-8-20-14-9-12(5-6-13(14)17(18)19)16-7-3-4-11(15)10-16/h5-6,9,11H,2-4,7-8,10,15H2,1H3. The molecule has 0 saturated carbocycles. The summed E-state index contributed by atoms with van der Waals surface area (Å²) in [6.07, 6.45) is 2.89. The number of benzene rings is 1. The molecule has 0 radical (unpaired) electrons. The molecule has 1 aromatic rings. The fourth-order valence-electron chi connectivity index (χ4n) is 2.42. The maximum Gasteiger partial charge on any atom is 0.311 e. The minimum absolute atomic E-state index is 0.0171. The number of anilines is 1. The van der Waals surface area contributed by atoms with E-state index in [0.717, 1.165) is 38.0 Å². The maximum absolute atomic E-state index is 11.0. The van der Waals surface area contributed by atoms with Crippen LogP contribution in [0.4, 0.5) is 11.4 Å². The highest BCUT2D eigenvalue weighted by atomic mass is 16.6. The number of nitrogens with zero attached hydrogens (tertiary/aromatic N) is 2. The van der Waals surface area contributed by atoms with Crippen molar-refractivity contribution in [1.82, 2.24) is 0 Å². The molecule has 0 aliphatic carbocycles. The van der Waals surface area contributed by atoms with E-state index in [2.05, 4.69) is 4.90 Å². The van der Waals surface area contributed by atoms with Gasteiger partial charge in [-0.25, -0.2) is 0 Å². The molecule has 1 aromatic carbocycles. The van der Waals surface area contributed by atoms with Gasteiger partial charge in [-0.2, -0.15) is 0 Å². The van der Waals surface area contributed by atoms with Crippen LogP contribution in [0.25, 0.3) is 0 Å². The fraction of sp³-hybridized carbons (Fsp3) is 0.571. The smallest absolute Gasteiger partial charge is 0.311 e. The Hall–Kier alpha value is -1.82. The topological polar surface area (TPSA) is 81.6 Å². The van der Waals surface area contributed by atoms with Gasteiger partial charge in [0.25, 0.3) is 0 Å². The lowest BCUT2D eigenvalue weighted by molar-refractivity contribution is -0.385. The number of nitrogens with two attached hydrogens (primary N) is 1. The minimum atomic E-state index is -0.406. The molecule has 1 saturated heterocycles. The van der Waals surface area contributed by atoms with Crippen molar-refractivity contribution in [2.24, 2.45) is 5.73 Å². The summed E-state index contributed by atoms with van der Waals surface area (Å²) in [7, 11) is 0. The lowest BCUT2D eigenvalue weighted by Gasteiger charge is -2.32. The van der Waals surface area contributed by atoms with Crippen LogP contribution in [0, 0.1) is 10.1 Å². The third-order valence-electron chi connectivity index (χ3n) is 3.42. The molecule has 1 aliphatic rings. The van der Waals surface area contributed by atoms with Gasteiger partial charge in [-0.3, -0.25) is 10.1 Å². The first-order valence-corrected chi connectivity index (χ1v) is 7.03. The summed E-state index contributed by atoms with van der Waals surface area (Å²) in [5.41, 5.74) is 6.94. The number of ether oxygens (including phenoxy) is 1. The van der Waals surface area contributed by atoms with E-state index < -0.39 is 4.92 Å². The predicted molar refractivity (Wildman–Crippen MR) is 78.3 cm³/mol. The van der Waals surface area contributed by atoms with Gasteiger partial charge < -0.3 is 15.4 Å². The second-order valence-corrected chi connectivity index (χ2v) is 5.11. The number of hydrogen-bond acceptors (Lipinski definition) is 5. The largest absolute Gasteiger partial charge is 0.487 e. The van der Waals surface area contributed by atoms with E-state index in [1.54, 1.807) is 12.1 Å². The summed E-state index contributed by atoms with van der Waals surface area (Å²) in [6, 6.07) is 5.21. The zero-order chi connectivity index (χ0) is 14.5. The highest BCUT2D eigenvalue weighted by Crippen LogP contribution is 2.32. The van der Waals surface area contributed by atoms with Crippen molar-refractivity contribution in [2.45, 2.75) is 32.2 Å². The van der Waals surface area contributed by atoms with Crippen molar-refractivity contribution in [2.75, 3.05) is 24.6 Å². The van der Waals surface area contributed by atoms with E-state index in [-0.39, 0.29) is 11.7 Å². The van der Waals surface area contributed by atoms with Crippen molar-refractivity contribution in [3.05, 3.63) is 28.3 Å². The van der Waals surface area contributed by atoms with Crippen molar-refractivity contribution in [3.63, 3.8) is 0 Å². The van der Waals surface area contributed by atoms with Crippen molar-refractivity contribution in [3.8, 4) is 5.75 Å². The molecule has 0 aromatic heterocycles. The normalized spacial score (nSPS) is 18.9. The second kappa shape index (κ2) is 6.56. The molecule has 6 nitrogen and oxygen atoms in total. The molecule has 1 aliphatic heterocycles. The molecule has 0 amide bonds. The summed E-state index contributed by atoms with van der Waals surface area (Å²) < 4.78 is 5.51. The monoisotopic (exact) mass is 279 g/mol. The fourth-order valence-corrected chi connectivity index (χ4v) is 2.42. The number of nitro groups is 1. The molecule has 2 rings (SSSR count). The Labute approximate surface area is 118 Å². The lowest BCUT2D eigenvalue weighted by atomic mass is 10.1. The highest BCUT2D eigenvalue weighted by molar-refractivity contribution is 5.59. The van der Waals surface area contributed by atoms with Crippen LogP contribution in [0.2, 0.25) is 0 Å². The summed E-state index contributed by atoms with van der Waals surface area (Å²) in [5.74, 6) is 0.341. The number of hydrogen-bond donors (Lipinski definition) is 1. The molecule has 0 bridgehead atoms. The Bertz CT molecular complexity index is 479. The maximum atomic E-state index is 11.0. The second-order valence-electron chi connectivity index (χ2n) is 5.11. The number of piperidine rings is 1. The van der Waals surface area contributed by atoms with Crippen molar-refractivity contribution < 1.29 is 9.66 Å². The van der Waals surface area contributed by atoms with Gasteiger partial charge in [-0.05, 0) is 25.3 Å². The SMILES string of the molecule is CCCOc1cc(N2CCCC(N)C2)ccc1[N+](=O)[O-]. The van der Waals surface area contributed by atoms with Crippen LogP contribution in [0.15, 0.2) is 18.2 Å². The summed E-state index contributed by atoms with van der Waals surface area (Å²) in [5, 5.41) is 11.0. The van der Waals surface area contributed by atoms with Gasteiger partial charge in [0.2, 0.25) is 0 Å². The van der Waals surface area contributed by atoms with Crippen LogP contribution in [-0.4, -0.2) is 30.7 Å². The first-order chi connectivity index (χ1) is 9.61. The van der Waals surface area contributed by atoms with E-state index in [1.165, 1.54) is 6.07 Å². The summed E-state index contributed by atoms with van der Waals surface area (Å²) >= 11 is 0. The van der Waals surface area contributed by atoms with Gasteiger partial charge in [0.15, 0.2) is 5.75 Å². The lowest BCUT2D eigenvalue weighted by Crippen LogP contribution is -2.42. The molecule has 110 valence electrons. The van der Waals surface area contributed by atoms with Gasteiger partial charge in [-0.1, -0.05) is 6.92 Å². The molecule has 1 atom stereocenters. The summed E-state index contributed by atoms with van der Waals surface area (Å²) in [4.78, 5) is 12.8. The molecule has 2 N–H and O–H groups in total. The van der Waals surface area contributed by atoms with Crippen LogP contribution in [0.3, 0.4) is 0 Å². The first kappa shape index (κ1) is 14.6. The van der Waals surface area contributed by atoms with Gasteiger partial charge in [0, 0.05) is 37.0 Å². The third kappa shape index (κ3) is 3.39. The predicted octanol–water partition coefficient (Wildman–Crippen LogP) is 2.31. The van der Waals surface area contributed by atoms with E-state index in [1.807, 2.05) is 6.92 Å². The molecule has 1 unspecified atom stereocenters. The van der Waals surface area contributed by atoms with Gasteiger partial charge >= 0.3 is 5.69 Å². The Morgan fingerprint density at radius 2 is 2.35 bits per heavy atom. The van der Waals surface area contributed by atoms with Crippen LogP contribution in [-0.2, 0) is 0 Å². The zero-order valence-corrected chi connectivity index (χ0v) is 11.7. The van der Waals surface area contributed by atoms with E-state index >= 15 is 0 Å². The van der Waals surface area contributed by atoms with Gasteiger partial charge in [-0.15, -0.1) is 0 Å². The van der Waals surface area contributed by atoms with Crippen LogP contribution >= 0.6 is 0 Å². The molecule has 1 heterocycles. The average Bonchev–Trinajstić information content (AvgIpc) is 2.44.